The number of aromatic nitrogens is 3. The zero-order valence-corrected chi connectivity index (χ0v) is 14.4. The van der Waals surface area contributed by atoms with Crippen molar-refractivity contribution in [3.63, 3.8) is 0 Å². The quantitative estimate of drug-likeness (QED) is 0.836. The number of amides is 1. The highest BCUT2D eigenvalue weighted by Gasteiger charge is 2.34. The van der Waals surface area contributed by atoms with Crippen molar-refractivity contribution in [2.24, 2.45) is 13.0 Å². The molecule has 0 aliphatic carbocycles. The molecule has 0 spiro atoms. The van der Waals surface area contributed by atoms with E-state index in [1.807, 2.05) is 50.6 Å². The number of nitrogens with zero attached hydrogens (tertiary/aromatic N) is 4. The first-order chi connectivity index (χ1) is 11.6. The molecular formula is C17H24N6O. The average molecular weight is 328 g/mol. The van der Waals surface area contributed by atoms with Crippen LogP contribution in [-0.2, 0) is 18.4 Å². The van der Waals surface area contributed by atoms with E-state index < -0.39 is 0 Å². The van der Waals surface area contributed by atoms with Gasteiger partial charge in [0.15, 0.2) is 0 Å². The zero-order chi connectivity index (χ0) is 17.1. The summed E-state index contributed by atoms with van der Waals surface area (Å²) in [5.74, 6) is 1.04. The molecule has 0 bridgehead atoms. The summed E-state index contributed by atoms with van der Waals surface area (Å²) in [6.07, 6.45) is 5.60. The van der Waals surface area contributed by atoms with Crippen LogP contribution in [0.3, 0.4) is 0 Å². The molecule has 1 saturated heterocycles. The first kappa shape index (κ1) is 16.4. The summed E-state index contributed by atoms with van der Waals surface area (Å²) in [4.78, 5) is 19.0. The Balaban J connectivity index is 1.67. The third kappa shape index (κ3) is 3.41. The molecule has 0 radical (unpaired) electrons. The Kier molecular flexibility index (Phi) is 4.80. The van der Waals surface area contributed by atoms with Gasteiger partial charge < -0.3 is 15.5 Å². The minimum Gasteiger partial charge on any atom is -0.362 e. The van der Waals surface area contributed by atoms with Gasteiger partial charge in [0.1, 0.15) is 5.82 Å². The van der Waals surface area contributed by atoms with E-state index in [1.54, 1.807) is 10.9 Å². The average Bonchev–Trinajstić information content (AvgIpc) is 3.21. The lowest BCUT2D eigenvalue weighted by atomic mass is 9.90. The molecule has 2 atom stereocenters. The van der Waals surface area contributed by atoms with Gasteiger partial charge in [0, 0.05) is 64.7 Å². The van der Waals surface area contributed by atoms with Crippen LogP contribution in [0.15, 0.2) is 30.7 Å². The third-order valence-corrected chi connectivity index (χ3v) is 4.45. The van der Waals surface area contributed by atoms with Gasteiger partial charge in [-0.2, -0.15) is 5.10 Å². The fourth-order valence-electron chi connectivity index (χ4n) is 3.22. The van der Waals surface area contributed by atoms with E-state index in [0.29, 0.717) is 13.1 Å². The molecule has 1 fully saturated rings. The van der Waals surface area contributed by atoms with Gasteiger partial charge in [-0.15, -0.1) is 0 Å². The normalized spacial score (nSPS) is 20.1. The molecular weight excluding hydrogens is 304 g/mol. The maximum Gasteiger partial charge on any atom is 0.225 e. The van der Waals surface area contributed by atoms with Crippen LogP contribution >= 0.6 is 0 Å². The van der Waals surface area contributed by atoms with Gasteiger partial charge in [0.25, 0.3) is 0 Å². The lowest BCUT2D eigenvalue weighted by Gasteiger charge is -2.19. The van der Waals surface area contributed by atoms with Crippen molar-refractivity contribution in [1.29, 1.82) is 0 Å². The van der Waals surface area contributed by atoms with Crippen LogP contribution < -0.4 is 15.5 Å². The molecule has 0 aromatic carbocycles. The molecule has 128 valence electrons. The first-order valence-corrected chi connectivity index (χ1v) is 8.14. The molecule has 2 aromatic heterocycles. The Bertz CT molecular complexity index is 711. The molecule has 1 aliphatic rings. The van der Waals surface area contributed by atoms with E-state index in [0.717, 1.165) is 23.5 Å². The minimum absolute atomic E-state index is 0.0717. The highest BCUT2D eigenvalue weighted by atomic mass is 16.1. The fourth-order valence-corrected chi connectivity index (χ4v) is 3.22. The number of carbonyl (C=O) groups is 1. The van der Waals surface area contributed by atoms with Crippen molar-refractivity contribution < 1.29 is 4.79 Å². The maximum absolute atomic E-state index is 12.7. The van der Waals surface area contributed by atoms with E-state index in [2.05, 4.69) is 20.7 Å². The molecule has 7 heteroatoms. The predicted molar refractivity (Wildman–Crippen MR) is 92.7 cm³/mol. The van der Waals surface area contributed by atoms with Crippen molar-refractivity contribution in [3.05, 3.63) is 41.9 Å². The highest BCUT2D eigenvalue weighted by molar-refractivity contribution is 5.80. The van der Waals surface area contributed by atoms with Crippen molar-refractivity contribution in [1.82, 2.24) is 25.4 Å². The molecule has 3 heterocycles. The molecule has 7 nitrogen and oxygen atoms in total. The Hall–Kier alpha value is -2.41. The molecule has 24 heavy (non-hydrogen) atoms. The second-order valence-electron chi connectivity index (χ2n) is 6.42. The maximum atomic E-state index is 12.7. The summed E-state index contributed by atoms with van der Waals surface area (Å²) in [5.41, 5.74) is 2.12. The molecule has 2 N–H and O–H groups in total. The van der Waals surface area contributed by atoms with Gasteiger partial charge in [0.2, 0.25) is 5.91 Å². The number of nitrogens with one attached hydrogen (secondary N) is 2. The predicted octanol–water partition coefficient (Wildman–Crippen LogP) is 0.501. The summed E-state index contributed by atoms with van der Waals surface area (Å²) in [6, 6.07) is 3.89. The monoisotopic (exact) mass is 328 g/mol. The van der Waals surface area contributed by atoms with Gasteiger partial charge in [-0.1, -0.05) is 6.07 Å². The lowest BCUT2D eigenvalue weighted by Crippen LogP contribution is -2.34. The van der Waals surface area contributed by atoms with Gasteiger partial charge in [0.05, 0.1) is 12.1 Å². The number of pyridine rings is 1. The van der Waals surface area contributed by atoms with Crippen molar-refractivity contribution in [2.75, 3.05) is 32.1 Å². The lowest BCUT2D eigenvalue weighted by molar-refractivity contribution is -0.125. The summed E-state index contributed by atoms with van der Waals surface area (Å²) in [6.45, 7) is 1.98. The largest absolute Gasteiger partial charge is 0.362 e. The smallest absolute Gasteiger partial charge is 0.225 e. The van der Waals surface area contributed by atoms with E-state index in [9.17, 15) is 4.79 Å². The van der Waals surface area contributed by atoms with E-state index >= 15 is 0 Å². The summed E-state index contributed by atoms with van der Waals surface area (Å²) < 4.78 is 1.78. The van der Waals surface area contributed by atoms with Crippen LogP contribution in [0.2, 0.25) is 0 Å². The van der Waals surface area contributed by atoms with E-state index in [4.69, 9.17) is 0 Å². The number of hydrogen-bond acceptors (Lipinski definition) is 5. The Morgan fingerprint density at radius 2 is 2.29 bits per heavy atom. The van der Waals surface area contributed by atoms with Crippen LogP contribution in [-0.4, -0.2) is 47.9 Å². The third-order valence-electron chi connectivity index (χ3n) is 4.45. The van der Waals surface area contributed by atoms with Crippen LogP contribution in [0.1, 0.15) is 17.0 Å². The fraction of sp³-hybridized carbons (Fsp3) is 0.471. The van der Waals surface area contributed by atoms with Crippen LogP contribution in [0.25, 0.3) is 0 Å². The number of aryl methyl sites for hydroxylation is 1. The topological polar surface area (TPSA) is 75.1 Å². The summed E-state index contributed by atoms with van der Waals surface area (Å²) in [7, 11) is 5.80. The summed E-state index contributed by atoms with van der Waals surface area (Å²) >= 11 is 0. The molecule has 1 aliphatic heterocycles. The zero-order valence-electron chi connectivity index (χ0n) is 14.4. The molecule has 1 amide bonds. The number of hydrogen-bond donors (Lipinski definition) is 2. The number of carbonyl (C=O) groups excluding carboxylic acids is 1. The SMILES string of the molecule is CN(C)c1ncccc1CNC(=O)[C@H]1CNC[C@@H]1c1cnn(C)c1. The Labute approximate surface area is 142 Å². The first-order valence-electron chi connectivity index (χ1n) is 8.14. The van der Waals surface area contributed by atoms with Crippen LogP contribution in [0.4, 0.5) is 5.82 Å². The highest BCUT2D eigenvalue weighted by Crippen LogP contribution is 2.28. The standard InChI is InChI=1S/C17H24N6O/c1-22(2)16-12(5-4-6-19-16)7-20-17(24)15-10-18-9-14(15)13-8-21-23(3)11-13/h4-6,8,11,14-15,18H,7,9-10H2,1-3H3,(H,20,24)/t14-,15+/m1/s1. The minimum atomic E-state index is -0.0753. The Morgan fingerprint density at radius 1 is 1.46 bits per heavy atom. The second-order valence-corrected chi connectivity index (χ2v) is 6.42. The number of rotatable bonds is 5. The van der Waals surface area contributed by atoms with Crippen LogP contribution in [0, 0.1) is 5.92 Å². The van der Waals surface area contributed by atoms with Crippen molar-refractivity contribution in [3.8, 4) is 0 Å². The van der Waals surface area contributed by atoms with Crippen molar-refractivity contribution in [2.45, 2.75) is 12.5 Å². The van der Waals surface area contributed by atoms with Crippen LogP contribution in [0.5, 0.6) is 0 Å². The summed E-state index contributed by atoms with van der Waals surface area (Å²) in [5, 5.41) is 10.6. The molecule has 0 unspecified atom stereocenters. The van der Waals surface area contributed by atoms with E-state index in [-0.39, 0.29) is 17.7 Å². The van der Waals surface area contributed by atoms with Gasteiger partial charge in [-0.25, -0.2) is 4.98 Å². The van der Waals surface area contributed by atoms with Gasteiger partial charge in [-0.3, -0.25) is 9.48 Å². The molecule has 2 aromatic rings. The van der Waals surface area contributed by atoms with Crippen molar-refractivity contribution >= 4 is 11.7 Å². The molecule has 3 rings (SSSR count). The van der Waals surface area contributed by atoms with Gasteiger partial charge in [-0.05, 0) is 11.6 Å². The van der Waals surface area contributed by atoms with E-state index in [1.165, 1.54) is 0 Å². The van der Waals surface area contributed by atoms with Gasteiger partial charge >= 0.3 is 0 Å². The number of anilines is 1. The molecule has 0 saturated carbocycles. The second kappa shape index (κ2) is 7.00. The Morgan fingerprint density at radius 3 is 3.00 bits per heavy atom.